The number of hydrogen-bond donors (Lipinski definition) is 1. The van der Waals surface area contributed by atoms with Gasteiger partial charge in [0, 0.05) is 11.4 Å². The van der Waals surface area contributed by atoms with Crippen molar-refractivity contribution in [1.82, 2.24) is 5.32 Å². The normalized spacial score (nSPS) is 11.1. The molecule has 0 fully saturated rings. The summed E-state index contributed by atoms with van der Waals surface area (Å²) >= 11 is 0. The van der Waals surface area contributed by atoms with Gasteiger partial charge in [-0.3, -0.25) is 9.59 Å². The molecule has 0 saturated heterocycles. The first-order valence-electron chi connectivity index (χ1n) is 9.92. The molecule has 0 saturated carbocycles. The second-order valence-electron chi connectivity index (χ2n) is 7.92. The first-order valence-corrected chi connectivity index (χ1v) is 9.92. The van der Waals surface area contributed by atoms with E-state index < -0.39 is 0 Å². The highest BCUT2D eigenvalue weighted by Crippen LogP contribution is 2.38. The lowest BCUT2D eigenvalue weighted by atomic mass is 10.0. The van der Waals surface area contributed by atoms with Gasteiger partial charge >= 0.3 is 11.9 Å². The molecule has 0 aromatic heterocycles. The molecule has 2 rings (SSSR count). The first-order chi connectivity index (χ1) is 13.2. The van der Waals surface area contributed by atoms with E-state index in [2.05, 4.69) is 25.2 Å². The largest absolute Gasteiger partial charge is 0.422 e. The van der Waals surface area contributed by atoms with Crippen LogP contribution in [0.2, 0.25) is 0 Å². The van der Waals surface area contributed by atoms with Crippen LogP contribution in [0.4, 0.5) is 0 Å². The Kier molecular flexibility index (Phi) is 9.60. The number of nitrogens with one attached hydrogen (secondary N) is 1. The summed E-state index contributed by atoms with van der Waals surface area (Å²) in [5, 5.41) is 5.17. The Bertz CT molecular complexity index is 846. The third-order valence-electron chi connectivity index (χ3n) is 4.37. The van der Waals surface area contributed by atoms with Gasteiger partial charge in [-0.1, -0.05) is 65.8 Å². The highest BCUT2D eigenvalue weighted by molar-refractivity contribution is 5.96. The van der Waals surface area contributed by atoms with Crippen LogP contribution in [0.5, 0.6) is 11.5 Å². The predicted octanol–water partition coefficient (Wildman–Crippen LogP) is 4.92. The molecule has 0 amide bonds. The quantitative estimate of drug-likeness (QED) is 0.483. The number of carbonyl (C=O) groups excluding carboxylic acids is 2. The average Bonchev–Trinajstić information content (AvgIpc) is 2.62. The van der Waals surface area contributed by atoms with Crippen LogP contribution in [-0.4, -0.2) is 24.5 Å². The summed E-state index contributed by atoms with van der Waals surface area (Å²) in [7, 11) is 0. The van der Waals surface area contributed by atoms with Crippen LogP contribution < -0.4 is 14.8 Å². The lowest BCUT2D eigenvalue weighted by Crippen LogP contribution is -2.25. The van der Waals surface area contributed by atoms with Gasteiger partial charge in [-0.25, -0.2) is 0 Å². The topological polar surface area (TPSA) is 64.6 Å². The van der Waals surface area contributed by atoms with Gasteiger partial charge < -0.3 is 14.8 Å². The minimum atomic E-state index is -0.363. The van der Waals surface area contributed by atoms with Crippen molar-refractivity contribution >= 4 is 35.1 Å². The molecule has 0 spiro atoms. The zero-order valence-electron chi connectivity index (χ0n) is 18.1. The summed E-state index contributed by atoms with van der Waals surface area (Å²) in [6.07, 6.45) is 0.845. The van der Waals surface area contributed by atoms with Gasteiger partial charge in [-0.15, -0.1) is 12.4 Å². The fourth-order valence-corrected chi connectivity index (χ4v) is 2.72. The maximum atomic E-state index is 12.3. The lowest BCUT2D eigenvalue weighted by Gasteiger charge is -2.17. The van der Waals surface area contributed by atoms with Gasteiger partial charge in [-0.05, 0) is 30.0 Å². The SMILES string of the molecule is CC(C)NCCc1cccc2c(OC(=O)C(C)C)c(OC(=O)C(C)C)ccc12.Cl. The molecule has 160 valence electrons. The Morgan fingerprint density at radius 1 is 0.862 bits per heavy atom. The monoisotopic (exact) mass is 421 g/mol. The van der Waals surface area contributed by atoms with Crippen molar-refractivity contribution in [2.75, 3.05) is 6.54 Å². The van der Waals surface area contributed by atoms with E-state index in [4.69, 9.17) is 9.47 Å². The fraction of sp³-hybridized carbons (Fsp3) is 0.478. The van der Waals surface area contributed by atoms with Crippen molar-refractivity contribution in [2.24, 2.45) is 11.8 Å². The summed E-state index contributed by atoms with van der Waals surface area (Å²) < 4.78 is 11.2. The van der Waals surface area contributed by atoms with Crippen LogP contribution in [0.25, 0.3) is 10.8 Å². The van der Waals surface area contributed by atoms with E-state index in [1.54, 1.807) is 33.8 Å². The van der Waals surface area contributed by atoms with Crippen molar-refractivity contribution in [3.05, 3.63) is 35.9 Å². The first kappa shape index (κ1) is 24.9. The Morgan fingerprint density at radius 2 is 1.48 bits per heavy atom. The number of carbonyl (C=O) groups is 2. The fourth-order valence-electron chi connectivity index (χ4n) is 2.72. The zero-order chi connectivity index (χ0) is 20.8. The van der Waals surface area contributed by atoms with E-state index in [0.717, 1.165) is 29.3 Å². The second-order valence-corrected chi connectivity index (χ2v) is 7.92. The lowest BCUT2D eigenvalue weighted by molar-refractivity contribution is -0.140. The van der Waals surface area contributed by atoms with Crippen LogP contribution >= 0.6 is 12.4 Å². The zero-order valence-corrected chi connectivity index (χ0v) is 18.9. The summed E-state index contributed by atoms with van der Waals surface area (Å²) in [5.74, 6) is -0.707. The molecule has 0 unspecified atom stereocenters. The van der Waals surface area contributed by atoms with E-state index in [0.29, 0.717) is 11.8 Å². The number of rotatable bonds is 8. The van der Waals surface area contributed by atoms with E-state index in [-0.39, 0.29) is 41.9 Å². The van der Waals surface area contributed by atoms with E-state index in [1.165, 1.54) is 0 Å². The molecule has 0 aliphatic heterocycles. The molecule has 2 aromatic rings. The van der Waals surface area contributed by atoms with Crippen molar-refractivity contribution in [1.29, 1.82) is 0 Å². The van der Waals surface area contributed by atoms with Gasteiger partial charge in [0.05, 0.1) is 11.8 Å². The molecule has 5 nitrogen and oxygen atoms in total. The summed E-state index contributed by atoms with van der Waals surface area (Å²) in [4.78, 5) is 24.4. The van der Waals surface area contributed by atoms with Crippen molar-refractivity contribution < 1.29 is 19.1 Å². The number of benzene rings is 2. The van der Waals surface area contributed by atoms with Crippen LogP contribution in [0.1, 0.15) is 47.1 Å². The van der Waals surface area contributed by atoms with Crippen molar-refractivity contribution in [2.45, 2.75) is 54.0 Å². The summed E-state index contributed by atoms with van der Waals surface area (Å²) in [6, 6.07) is 9.95. The maximum Gasteiger partial charge on any atom is 0.313 e. The van der Waals surface area contributed by atoms with Crippen molar-refractivity contribution in [3.8, 4) is 11.5 Å². The number of esters is 2. The van der Waals surface area contributed by atoms with Gasteiger partial charge in [0.2, 0.25) is 0 Å². The molecule has 0 atom stereocenters. The molecule has 0 aliphatic rings. The Labute approximate surface area is 179 Å². The smallest absolute Gasteiger partial charge is 0.313 e. The molecule has 0 radical (unpaired) electrons. The number of halogens is 1. The van der Waals surface area contributed by atoms with Gasteiger partial charge in [-0.2, -0.15) is 0 Å². The van der Waals surface area contributed by atoms with Gasteiger partial charge in [0.15, 0.2) is 11.5 Å². The van der Waals surface area contributed by atoms with Crippen LogP contribution in [0, 0.1) is 11.8 Å². The average molecular weight is 422 g/mol. The molecular formula is C23H32ClNO4. The van der Waals surface area contributed by atoms with E-state index in [1.807, 2.05) is 18.2 Å². The van der Waals surface area contributed by atoms with Crippen LogP contribution in [-0.2, 0) is 16.0 Å². The second kappa shape index (κ2) is 11.2. The molecule has 2 aromatic carbocycles. The number of hydrogen-bond acceptors (Lipinski definition) is 5. The molecule has 0 bridgehead atoms. The third kappa shape index (κ3) is 6.72. The summed E-state index contributed by atoms with van der Waals surface area (Å²) in [6.45, 7) is 12.2. The molecule has 0 heterocycles. The van der Waals surface area contributed by atoms with Crippen LogP contribution in [0.15, 0.2) is 30.3 Å². The molecular weight excluding hydrogens is 390 g/mol. The molecule has 6 heteroatoms. The third-order valence-corrected chi connectivity index (χ3v) is 4.37. The van der Waals surface area contributed by atoms with Gasteiger partial charge in [0.1, 0.15) is 0 Å². The highest BCUT2D eigenvalue weighted by atomic mass is 35.5. The standard InChI is InChI=1S/C23H31NO4.ClH/c1-14(2)22(25)27-20-11-10-18-17(12-13-24-16(5)6)8-7-9-19(18)21(20)28-23(26)15(3)4;/h7-11,14-16,24H,12-13H2,1-6H3;1H. The Morgan fingerprint density at radius 3 is 2.07 bits per heavy atom. The summed E-state index contributed by atoms with van der Waals surface area (Å²) in [5.41, 5.74) is 1.15. The molecule has 1 N–H and O–H groups in total. The van der Waals surface area contributed by atoms with Crippen LogP contribution in [0.3, 0.4) is 0 Å². The van der Waals surface area contributed by atoms with Gasteiger partial charge in [0.25, 0.3) is 0 Å². The molecule has 29 heavy (non-hydrogen) atoms. The minimum Gasteiger partial charge on any atom is -0.422 e. The Balaban J connectivity index is 0.00000420. The highest BCUT2D eigenvalue weighted by Gasteiger charge is 2.20. The van der Waals surface area contributed by atoms with E-state index >= 15 is 0 Å². The predicted molar refractivity (Wildman–Crippen MR) is 119 cm³/mol. The minimum absolute atomic E-state index is 0. The molecule has 0 aliphatic carbocycles. The maximum absolute atomic E-state index is 12.3. The number of fused-ring (bicyclic) bond motifs is 1. The van der Waals surface area contributed by atoms with E-state index in [9.17, 15) is 9.59 Å². The number of ether oxygens (including phenoxy) is 2. The van der Waals surface area contributed by atoms with Crippen molar-refractivity contribution in [3.63, 3.8) is 0 Å². The Hall–Kier alpha value is -2.11.